The summed E-state index contributed by atoms with van der Waals surface area (Å²) in [7, 11) is 0. The summed E-state index contributed by atoms with van der Waals surface area (Å²) in [5, 5.41) is 3.56. The van der Waals surface area contributed by atoms with Gasteiger partial charge in [-0.25, -0.2) is 0 Å². The number of nitrogens with zero attached hydrogens (tertiary/aromatic N) is 1. The average molecular weight is 196 g/mol. The molecule has 2 heteroatoms. The van der Waals surface area contributed by atoms with Crippen LogP contribution in [0.25, 0.3) is 0 Å². The predicted molar refractivity (Wildman–Crippen MR) is 60.5 cm³/mol. The van der Waals surface area contributed by atoms with Crippen molar-refractivity contribution in [3.63, 3.8) is 0 Å². The van der Waals surface area contributed by atoms with E-state index in [2.05, 4.69) is 24.1 Å². The molecule has 0 radical (unpaired) electrons. The van der Waals surface area contributed by atoms with E-state index in [9.17, 15) is 0 Å². The third kappa shape index (κ3) is 2.48. The maximum absolute atomic E-state index is 3.56. The molecule has 0 spiro atoms. The predicted octanol–water partition coefficient (Wildman–Crippen LogP) is 1.86. The minimum absolute atomic E-state index is 0.646. The van der Waals surface area contributed by atoms with Crippen molar-refractivity contribution in [3.8, 4) is 0 Å². The lowest BCUT2D eigenvalue weighted by Gasteiger charge is -2.34. The zero-order chi connectivity index (χ0) is 9.97. The van der Waals surface area contributed by atoms with E-state index in [0.717, 1.165) is 12.0 Å². The van der Waals surface area contributed by atoms with Gasteiger partial charge in [0.1, 0.15) is 0 Å². The third-order valence-corrected chi connectivity index (χ3v) is 3.72. The molecule has 1 saturated carbocycles. The Kier molecular flexibility index (Phi) is 3.45. The van der Waals surface area contributed by atoms with E-state index in [4.69, 9.17) is 0 Å². The Morgan fingerprint density at radius 3 is 2.64 bits per heavy atom. The molecule has 0 amide bonds. The van der Waals surface area contributed by atoms with E-state index in [1.54, 1.807) is 0 Å². The van der Waals surface area contributed by atoms with E-state index in [0.29, 0.717) is 6.04 Å². The molecule has 1 saturated heterocycles. The highest BCUT2D eigenvalue weighted by Crippen LogP contribution is 2.29. The van der Waals surface area contributed by atoms with Crippen molar-refractivity contribution in [3.05, 3.63) is 0 Å². The van der Waals surface area contributed by atoms with Gasteiger partial charge in [-0.05, 0) is 38.3 Å². The van der Waals surface area contributed by atoms with E-state index < -0.39 is 0 Å². The SMILES string of the molecule is CC(C)NCC1CCN(C2CCC2)C1. The van der Waals surface area contributed by atoms with Crippen molar-refractivity contribution >= 4 is 0 Å². The fourth-order valence-corrected chi connectivity index (χ4v) is 2.52. The first-order valence-corrected chi connectivity index (χ1v) is 6.23. The summed E-state index contributed by atoms with van der Waals surface area (Å²) in [6.45, 7) is 8.40. The Hall–Kier alpha value is -0.0800. The average Bonchev–Trinajstić information content (AvgIpc) is 2.46. The van der Waals surface area contributed by atoms with Crippen LogP contribution in [0, 0.1) is 5.92 Å². The fourth-order valence-electron chi connectivity index (χ4n) is 2.52. The van der Waals surface area contributed by atoms with Crippen LogP contribution in [0.2, 0.25) is 0 Å². The molecule has 1 N–H and O–H groups in total. The van der Waals surface area contributed by atoms with Crippen LogP contribution < -0.4 is 5.32 Å². The summed E-state index contributed by atoms with van der Waals surface area (Å²) < 4.78 is 0. The second-order valence-corrected chi connectivity index (χ2v) is 5.30. The Morgan fingerprint density at radius 1 is 1.29 bits per heavy atom. The first-order valence-electron chi connectivity index (χ1n) is 6.23. The van der Waals surface area contributed by atoms with Gasteiger partial charge in [0.05, 0.1) is 0 Å². The smallest absolute Gasteiger partial charge is 0.00954 e. The lowest BCUT2D eigenvalue weighted by Crippen LogP contribution is -2.39. The van der Waals surface area contributed by atoms with Crippen LogP contribution in [0.4, 0.5) is 0 Å². The summed E-state index contributed by atoms with van der Waals surface area (Å²) in [5.74, 6) is 0.915. The molecule has 0 aromatic rings. The summed E-state index contributed by atoms with van der Waals surface area (Å²) in [5.41, 5.74) is 0. The van der Waals surface area contributed by atoms with Gasteiger partial charge in [-0.3, -0.25) is 0 Å². The number of hydrogen-bond acceptors (Lipinski definition) is 2. The summed E-state index contributed by atoms with van der Waals surface area (Å²) in [6, 6.07) is 1.60. The molecular weight excluding hydrogens is 172 g/mol. The van der Waals surface area contributed by atoms with Gasteiger partial charge in [0, 0.05) is 18.6 Å². The second kappa shape index (κ2) is 4.63. The largest absolute Gasteiger partial charge is 0.314 e. The highest BCUT2D eigenvalue weighted by atomic mass is 15.2. The van der Waals surface area contributed by atoms with Crippen molar-refractivity contribution in [2.45, 2.75) is 51.6 Å². The highest BCUT2D eigenvalue weighted by Gasteiger charge is 2.30. The molecule has 14 heavy (non-hydrogen) atoms. The maximum Gasteiger partial charge on any atom is 0.00954 e. The number of likely N-dealkylation sites (tertiary alicyclic amines) is 1. The van der Waals surface area contributed by atoms with Crippen LogP contribution in [0.3, 0.4) is 0 Å². The minimum Gasteiger partial charge on any atom is -0.314 e. The standard InChI is InChI=1S/C12H24N2/c1-10(2)13-8-11-6-7-14(9-11)12-4-3-5-12/h10-13H,3-9H2,1-2H3. The number of hydrogen-bond donors (Lipinski definition) is 1. The van der Waals surface area contributed by atoms with Crippen LogP contribution in [-0.4, -0.2) is 36.6 Å². The quantitative estimate of drug-likeness (QED) is 0.738. The Morgan fingerprint density at radius 2 is 2.07 bits per heavy atom. The van der Waals surface area contributed by atoms with Crippen molar-refractivity contribution in [1.82, 2.24) is 10.2 Å². The van der Waals surface area contributed by atoms with Crippen molar-refractivity contribution in [2.24, 2.45) is 5.92 Å². The van der Waals surface area contributed by atoms with Crippen molar-refractivity contribution in [2.75, 3.05) is 19.6 Å². The molecule has 0 bridgehead atoms. The lowest BCUT2D eigenvalue weighted by molar-refractivity contribution is 0.153. The van der Waals surface area contributed by atoms with E-state index in [1.807, 2.05) is 0 Å². The molecule has 82 valence electrons. The fraction of sp³-hybridized carbons (Fsp3) is 1.00. The zero-order valence-electron chi connectivity index (χ0n) is 9.63. The van der Waals surface area contributed by atoms with Gasteiger partial charge in [0.15, 0.2) is 0 Å². The molecule has 1 unspecified atom stereocenters. The molecular formula is C12H24N2. The summed E-state index contributed by atoms with van der Waals surface area (Å²) >= 11 is 0. The number of rotatable bonds is 4. The maximum atomic E-state index is 3.56. The first kappa shape index (κ1) is 10.4. The molecule has 1 heterocycles. The van der Waals surface area contributed by atoms with Crippen LogP contribution in [0.1, 0.15) is 39.5 Å². The van der Waals surface area contributed by atoms with Gasteiger partial charge in [0.2, 0.25) is 0 Å². The summed E-state index contributed by atoms with van der Waals surface area (Å²) in [6.07, 6.45) is 5.81. The van der Waals surface area contributed by atoms with Crippen LogP contribution >= 0.6 is 0 Å². The van der Waals surface area contributed by atoms with E-state index in [1.165, 1.54) is 45.3 Å². The molecule has 2 fully saturated rings. The Labute approximate surface area is 88.1 Å². The Balaban J connectivity index is 1.66. The first-order chi connectivity index (χ1) is 6.75. The molecule has 2 nitrogen and oxygen atoms in total. The molecule has 1 aliphatic heterocycles. The molecule has 1 atom stereocenters. The van der Waals surface area contributed by atoms with Gasteiger partial charge < -0.3 is 10.2 Å². The van der Waals surface area contributed by atoms with Crippen LogP contribution in [0.15, 0.2) is 0 Å². The van der Waals surface area contributed by atoms with Gasteiger partial charge in [0.25, 0.3) is 0 Å². The minimum atomic E-state index is 0.646. The van der Waals surface area contributed by atoms with Gasteiger partial charge >= 0.3 is 0 Å². The van der Waals surface area contributed by atoms with Gasteiger partial charge in [-0.1, -0.05) is 20.3 Å². The lowest BCUT2D eigenvalue weighted by atomic mass is 9.92. The van der Waals surface area contributed by atoms with Gasteiger partial charge in [-0.15, -0.1) is 0 Å². The Bertz CT molecular complexity index is 175. The van der Waals surface area contributed by atoms with Crippen LogP contribution in [0.5, 0.6) is 0 Å². The van der Waals surface area contributed by atoms with E-state index in [-0.39, 0.29) is 0 Å². The molecule has 1 aliphatic carbocycles. The second-order valence-electron chi connectivity index (χ2n) is 5.30. The topological polar surface area (TPSA) is 15.3 Å². The molecule has 0 aromatic carbocycles. The molecule has 2 rings (SSSR count). The van der Waals surface area contributed by atoms with Crippen LogP contribution in [-0.2, 0) is 0 Å². The normalized spacial score (nSPS) is 29.8. The zero-order valence-corrected chi connectivity index (χ0v) is 9.63. The number of nitrogens with one attached hydrogen (secondary N) is 1. The van der Waals surface area contributed by atoms with E-state index >= 15 is 0 Å². The van der Waals surface area contributed by atoms with Crippen molar-refractivity contribution in [1.29, 1.82) is 0 Å². The monoisotopic (exact) mass is 196 g/mol. The van der Waals surface area contributed by atoms with Gasteiger partial charge in [-0.2, -0.15) is 0 Å². The summed E-state index contributed by atoms with van der Waals surface area (Å²) in [4.78, 5) is 2.72. The highest BCUT2D eigenvalue weighted by molar-refractivity contribution is 4.86. The third-order valence-electron chi connectivity index (χ3n) is 3.72. The molecule has 2 aliphatic rings. The molecule has 0 aromatic heterocycles. The van der Waals surface area contributed by atoms with Crippen molar-refractivity contribution < 1.29 is 0 Å².